The van der Waals surface area contributed by atoms with Crippen molar-refractivity contribution in [2.45, 2.75) is 19.8 Å². The summed E-state index contributed by atoms with van der Waals surface area (Å²) < 4.78 is 0. The first kappa shape index (κ1) is 23.3. The van der Waals surface area contributed by atoms with Crippen LogP contribution in [0.25, 0.3) is 0 Å². The van der Waals surface area contributed by atoms with Gasteiger partial charge >= 0.3 is 17.1 Å². The summed E-state index contributed by atoms with van der Waals surface area (Å²) in [6, 6.07) is 20.1. The summed E-state index contributed by atoms with van der Waals surface area (Å²) in [6.07, 6.45) is 14.7. The summed E-state index contributed by atoms with van der Waals surface area (Å²) >= 11 is 0. The molecule has 0 radical (unpaired) electrons. The van der Waals surface area contributed by atoms with E-state index in [1.165, 1.54) is 11.1 Å². The molecule has 0 aromatic heterocycles. The molecule has 0 saturated heterocycles. The molecule has 0 amide bonds. The van der Waals surface area contributed by atoms with Gasteiger partial charge in [0.1, 0.15) is 0 Å². The van der Waals surface area contributed by atoms with Gasteiger partial charge in [0.2, 0.25) is 0 Å². The van der Waals surface area contributed by atoms with Gasteiger partial charge < -0.3 is 10.2 Å². The molecule has 2 nitrogen and oxygen atoms in total. The largest absolute Gasteiger partial charge is 2.00 e. The number of allylic oxidation sites excluding steroid dienone is 12. The van der Waals surface area contributed by atoms with E-state index < -0.39 is 0 Å². The molecular weight excluding hydrogens is 412 g/mol. The SMILES string of the molecule is CC([O-])=C1C=CC(Cc2ccccc2)=C1.[Fe+2].[O-]C(Cc1ccccc1)=C1C=CC=C1. The molecule has 152 valence electrons. The first-order valence-corrected chi connectivity index (χ1v) is 9.71. The van der Waals surface area contributed by atoms with Gasteiger partial charge in [-0.25, -0.2) is 0 Å². The Bertz CT molecular complexity index is 989. The molecule has 0 N–H and O–H groups in total. The van der Waals surface area contributed by atoms with Gasteiger partial charge in [-0.1, -0.05) is 110 Å². The molecule has 2 aliphatic rings. The maximum absolute atomic E-state index is 11.7. The van der Waals surface area contributed by atoms with E-state index >= 15 is 0 Å². The normalized spacial score (nSPS) is 15.2. The van der Waals surface area contributed by atoms with E-state index in [1.54, 1.807) is 6.92 Å². The molecule has 2 aromatic carbocycles. The zero-order chi connectivity index (χ0) is 20.5. The Hall–Kier alpha value is -3.00. The van der Waals surface area contributed by atoms with Crippen molar-refractivity contribution in [1.82, 2.24) is 0 Å². The van der Waals surface area contributed by atoms with E-state index in [9.17, 15) is 10.2 Å². The number of rotatable bonds is 4. The second kappa shape index (κ2) is 11.9. The molecule has 0 aliphatic heterocycles. The van der Waals surface area contributed by atoms with Gasteiger partial charge in [0.25, 0.3) is 0 Å². The smallest absolute Gasteiger partial charge is 0.875 e. The minimum atomic E-state index is 0. The van der Waals surface area contributed by atoms with Crippen LogP contribution in [0.2, 0.25) is 0 Å². The topological polar surface area (TPSA) is 46.1 Å². The van der Waals surface area contributed by atoms with E-state index in [2.05, 4.69) is 12.1 Å². The molecule has 0 fully saturated rings. The minimum absolute atomic E-state index is 0. The van der Waals surface area contributed by atoms with Crippen LogP contribution in [0.5, 0.6) is 0 Å². The van der Waals surface area contributed by atoms with Gasteiger partial charge in [-0.2, -0.15) is 0 Å². The first-order chi connectivity index (χ1) is 14.1. The monoisotopic (exact) mass is 436 g/mol. The van der Waals surface area contributed by atoms with Crippen LogP contribution in [0.4, 0.5) is 0 Å². The van der Waals surface area contributed by atoms with Crippen molar-refractivity contribution < 1.29 is 27.3 Å². The fourth-order valence-electron chi connectivity index (χ4n) is 3.10. The Kier molecular flexibility index (Phi) is 9.21. The van der Waals surface area contributed by atoms with Crippen molar-refractivity contribution in [2.24, 2.45) is 0 Å². The Balaban J connectivity index is 0.000000207. The molecule has 4 rings (SSSR count). The summed E-state index contributed by atoms with van der Waals surface area (Å²) in [4.78, 5) is 0. The first-order valence-electron chi connectivity index (χ1n) is 9.71. The predicted molar refractivity (Wildman–Crippen MR) is 116 cm³/mol. The molecule has 0 spiro atoms. The third-order valence-electron chi connectivity index (χ3n) is 4.67. The van der Waals surface area contributed by atoms with E-state index in [-0.39, 0.29) is 28.6 Å². The molecular formula is C27H24FeO2. The molecule has 0 atom stereocenters. The molecule has 0 unspecified atom stereocenters. The van der Waals surface area contributed by atoms with E-state index in [0.29, 0.717) is 6.42 Å². The van der Waals surface area contributed by atoms with Crippen LogP contribution in [0.3, 0.4) is 0 Å². The fraction of sp³-hybridized carbons (Fsp3) is 0.111. The van der Waals surface area contributed by atoms with Gasteiger partial charge in [-0.15, -0.1) is 11.5 Å². The number of hydrogen-bond acceptors (Lipinski definition) is 2. The summed E-state index contributed by atoms with van der Waals surface area (Å²) in [5, 5.41) is 22.8. The van der Waals surface area contributed by atoms with Crippen LogP contribution in [-0.4, -0.2) is 0 Å². The number of hydrogen-bond donors (Lipinski definition) is 0. The van der Waals surface area contributed by atoms with Crippen molar-refractivity contribution in [3.8, 4) is 0 Å². The molecule has 0 heterocycles. The Morgan fingerprint density at radius 3 is 1.80 bits per heavy atom. The number of benzene rings is 2. The van der Waals surface area contributed by atoms with Gasteiger partial charge in [-0.3, -0.25) is 0 Å². The summed E-state index contributed by atoms with van der Waals surface area (Å²) in [7, 11) is 0. The second-order valence-corrected chi connectivity index (χ2v) is 6.99. The van der Waals surface area contributed by atoms with Crippen LogP contribution < -0.4 is 10.2 Å². The maximum Gasteiger partial charge on any atom is 2.00 e. The molecule has 3 heteroatoms. The van der Waals surface area contributed by atoms with Gasteiger partial charge in [0.15, 0.2) is 0 Å². The Labute approximate surface area is 189 Å². The van der Waals surface area contributed by atoms with Crippen LogP contribution in [0.1, 0.15) is 18.1 Å². The van der Waals surface area contributed by atoms with Crippen LogP contribution in [0.15, 0.2) is 131 Å². The third kappa shape index (κ3) is 7.11. The summed E-state index contributed by atoms with van der Waals surface area (Å²) in [6.45, 7) is 1.60. The minimum Gasteiger partial charge on any atom is -0.875 e. The third-order valence-corrected chi connectivity index (χ3v) is 4.67. The van der Waals surface area contributed by atoms with Gasteiger partial charge in [-0.05, 0) is 40.7 Å². The average Bonchev–Trinajstić information content (AvgIpc) is 3.42. The van der Waals surface area contributed by atoms with Gasteiger partial charge in [0, 0.05) is 0 Å². The molecule has 2 aliphatic carbocycles. The van der Waals surface area contributed by atoms with Crippen molar-refractivity contribution >= 4 is 0 Å². The van der Waals surface area contributed by atoms with Crippen LogP contribution in [0, 0.1) is 0 Å². The van der Waals surface area contributed by atoms with E-state index in [1.807, 2.05) is 91.1 Å². The zero-order valence-electron chi connectivity index (χ0n) is 16.9. The molecule has 0 bridgehead atoms. The molecule has 30 heavy (non-hydrogen) atoms. The Morgan fingerprint density at radius 2 is 1.27 bits per heavy atom. The second-order valence-electron chi connectivity index (χ2n) is 6.99. The average molecular weight is 436 g/mol. The van der Waals surface area contributed by atoms with Crippen molar-refractivity contribution in [1.29, 1.82) is 0 Å². The summed E-state index contributed by atoms with van der Waals surface area (Å²) in [5.74, 6) is 0.315. The van der Waals surface area contributed by atoms with Gasteiger partial charge in [0.05, 0.1) is 0 Å². The molecule has 0 saturated carbocycles. The van der Waals surface area contributed by atoms with Crippen molar-refractivity contribution in [3.05, 3.63) is 143 Å². The van der Waals surface area contributed by atoms with Crippen LogP contribution in [-0.2, 0) is 29.9 Å². The predicted octanol–water partition coefficient (Wildman–Crippen LogP) is 4.33. The zero-order valence-corrected chi connectivity index (χ0v) is 18.0. The standard InChI is InChI=1S/C14H14O.C13H12O.Fe/c1-11(15)14-8-7-13(10-14)9-12-5-3-2-4-6-12;14-13(12-8-4-5-9-12)10-11-6-2-1-3-7-11;/h2-8,10,15H,9H2,1H3;1-9,14H,10H2;/q;;+2/p-2. The van der Waals surface area contributed by atoms with Crippen molar-refractivity contribution in [3.63, 3.8) is 0 Å². The quantitative estimate of drug-likeness (QED) is 0.529. The summed E-state index contributed by atoms with van der Waals surface area (Å²) in [5.41, 5.74) is 5.15. The Morgan fingerprint density at radius 1 is 0.700 bits per heavy atom. The van der Waals surface area contributed by atoms with E-state index in [0.717, 1.165) is 23.1 Å². The van der Waals surface area contributed by atoms with E-state index in [4.69, 9.17) is 0 Å². The molecule has 2 aromatic rings. The van der Waals surface area contributed by atoms with Crippen molar-refractivity contribution in [2.75, 3.05) is 0 Å². The fourth-order valence-corrected chi connectivity index (χ4v) is 3.10. The van der Waals surface area contributed by atoms with Crippen LogP contribution >= 0.6 is 0 Å². The maximum atomic E-state index is 11.7.